The van der Waals surface area contributed by atoms with E-state index in [9.17, 15) is 4.79 Å². The van der Waals surface area contributed by atoms with Crippen LogP contribution in [0, 0.1) is 6.92 Å². The minimum absolute atomic E-state index is 0.0394. The summed E-state index contributed by atoms with van der Waals surface area (Å²) >= 11 is 0. The predicted molar refractivity (Wildman–Crippen MR) is 51.7 cm³/mol. The minimum Gasteiger partial charge on any atom is -0.478 e. The van der Waals surface area contributed by atoms with E-state index in [0.29, 0.717) is 11.6 Å². The van der Waals surface area contributed by atoms with Crippen molar-refractivity contribution in [3.8, 4) is 5.88 Å². The Balaban J connectivity index is 2.94. The van der Waals surface area contributed by atoms with Gasteiger partial charge in [-0.25, -0.2) is 9.78 Å². The summed E-state index contributed by atoms with van der Waals surface area (Å²) in [6.45, 7) is 5.43. The standard InChI is InChI=1S/C10H13NO3/c1-6(2)14-9-5-4-8(10(12)13)7(3)11-9/h4-6H,1-3H3,(H,12,13). The number of nitrogens with zero attached hydrogens (tertiary/aromatic N) is 1. The first-order valence-corrected chi connectivity index (χ1v) is 4.38. The molecule has 0 unspecified atom stereocenters. The van der Waals surface area contributed by atoms with Gasteiger partial charge in [-0.15, -0.1) is 0 Å². The van der Waals surface area contributed by atoms with Crippen molar-refractivity contribution in [2.24, 2.45) is 0 Å². The summed E-state index contributed by atoms with van der Waals surface area (Å²) in [7, 11) is 0. The van der Waals surface area contributed by atoms with Gasteiger partial charge in [0.2, 0.25) is 5.88 Å². The Bertz CT molecular complexity index is 347. The molecular formula is C10H13NO3. The Morgan fingerprint density at radius 2 is 2.14 bits per heavy atom. The second-order valence-electron chi connectivity index (χ2n) is 3.25. The maximum absolute atomic E-state index is 10.7. The van der Waals surface area contributed by atoms with E-state index in [2.05, 4.69) is 4.98 Å². The summed E-state index contributed by atoms with van der Waals surface area (Å²) in [5, 5.41) is 8.76. The first kappa shape index (κ1) is 10.5. The molecule has 0 aliphatic carbocycles. The third kappa shape index (κ3) is 2.45. The van der Waals surface area contributed by atoms with E-state index in [1.165, 1.54) is 6.07 Å². The van der Waals surface area contributed by atoms with Gasteiger partial charge in [-0.2, -0.15) is 0 Å². The van der Waals surface area contributed by atoms with Gasteiger partial charge in [-0.3, -0.25) is 0 Å². The first-order valence-electron chi connectivity index (χ1n) is 4.38. The molecule has 1 N–H and O–H groups in total. The van der Waals surface area contributed by atoms with Crippen molar-refractivity contribution in [2.75, 3.05) is 0 Å². The molecule has 0 saturated heterocycles. The van der Waals surface area contributed by atoms with Gasteiger partial charge in [0.15, 0.2) is 0 Å². The number of carbonyl (C=O) groups is 1. The number of hydrogen-bond donors (Lipinski definition) is 1. The molecule has 4 nitrogen and oxygen atoms in total. The molecule has 14 heavy (non-hydrogen) atoms. The second kappa shape index (κ2) is 4.09. The number of rotatable bonds is 3. The average Bonchev–Trinajstić information content (AvgIpc) is 2.01. The average molecular weight is 195 g/mol. The highest BCUT2D eigenvalue weighted by Crippen LogP contribution is 2.13. The third-order valence-corrected chi connectivity index (χ3v) is 1.65. The molecule has 0 atom stereocenters. The van der Waals surface area contributed by atoms with E-state index in [4.69, 9.17) is 9.84 Å². The summed E-state index contributed by atoms with van der Waals surface area (Å²) in [5.74, 6) is -0.506. The molecule has 0 bridgehead atoms. The highest BCUT2D eigenvalue weighted by Gasteiger charge is 2.09. The normalized spacial score (nSPS) is 10.3. The summed E-state index contributed by atoms with van der Waals surface area (Å²) in [4.78, 5) is 14.7. The molecule has 0 aliphatic heterocycles. The highest BCUT2D eigenvalue weighted by atomic mass is 16.5. The van der Waals surface area contributed by atoms with Crippen molar-refractivity contribution in [1.29, 1.82) is 0 Å². The fourth-order valence-electron chi connectivity index (χ4n) is 1.07. The first-order chi connectivity index (χ1) is 6.50. The monoisotopic (exact) mass is 195 g/mol. The quantitative estimate of drug-likeness (QED) is 0.799. The molecule has 0 aromatic carbocycles. The van der Waals surface area contributed by atoms with E-state index < -0.39 is 5.97 Å². The second-order valence-corrected chi connectivity index (χ2v) is 3.25. The van der Waals surface area contributed by atoms with Crippen molar-refractivity contribution < 1.29 is 14.6 Å². The molecule has 1 aromatic heterocycles. The molecule has 1 aromatic rings. The van der Waals surface area contributed by atoms with Crippen LogP contribution in [0.4, 0.5) is 0 Å². The van der Waals surface area contributed by atoms with Crippen LogP contribution in [0.15, 0.2) is 12.1 Å². The molecule has 0 spiro atoms. The molecule has 76 valence electrons. The van der Waals surface area contributed by atoms with E-state index in [1.54, 1.807) is 13.0 Å². The van der Waals surface area contributed by atoms with E-state index in [-0.39, 0.29) is 11.7 Å². The fourth-order valence-corrected chi connectivity index (χ4v) is 1.07. The number of ether oxygens (including phenoxy) is 1. The zero-order valence-electron chi connectivity index (χ0n) is 8.44. The molecule has 0 radical (unpaired) electrons. The van der Waals surface area contributed by atoms with Crippen LogP contribution in [-0.4, -0.2) is 22.2 Å². The van der Waals surface area contributed by atoms with Gasteiger partial charge >= 0.3 is 5.97 Å². The predicted octanol–water partition coefficient (Wildman–Crippen LogP) is 1.88. The lowest BCUT2D eigenvalue weighted by Gasteiger charge is -2.09. The van der Waals surface area contributed by atoms with Gasteiger partial charge < -0.3 is 9.84 Å². The van der Waals surface area contributed by atoms with Crippen molar-refractivity contribution in [2.45, 2.75) is 26.9 Å². The van der Waals surface area contributed by atoms with Crippen LogP contribution in [-0.2, 0) is 0 Å². The lowest BCUT2D eigenvalue weighted by atomic mass is 10.2. The van der Waals surface area contributed by atoms with E-state index in [0.717, 1.165) is 0 Å². The number of carboxylic acids is 1. The molecule has 1 heterocycles. The number of aryl methyl sites for hydroxylation is 1. The van der Waals surface area contributed by atoms with Crippen LogP contribution in [0.5, 0.6) is 5.88 Å². The van der Waals surface area contributed by atoms with Crippen LogP contribution >= 0.6 is 0 Å². The fraction of sp³-hybridized carbons (Fsp3) is 0.400. The van der Waals surface area contributed by atoms with Gasteiger partial charge in [-0.05, 0) is 26.8 Å². The van der Waals surface area contributed by atoms with Gasteiger partial charge in [0, 0.05) is 6.07 Å². The van der Waals surface area contributed by atoms with Crippen LogP contribution in [0.3, 0.4) is 0 Å². The molecular weight excluding hydrogens is 182 g/mol. The van der Waals surface area contributed by atoms with Crippen molar-refractivity contribution >= 4 is 5.97 Å². The Kier molecular flexibility index (Phi) is 3.06. The summed E-state index contributed by atoms with van der Waals surface area (Å²) in [6.07, 6.45) is 0.0394. The number of carboxylic acid groups (broad SMARTS) is 1. The maximum Gasteiger partial charge on any atom is 0.337 e. The molecule has 0 amide bonds. The molecule has 0 aliphatic rings. The zero-order valence-corrected chi connectivity index (χ0v) is 8.44. The zero-order chi connectivity index (χ0) is 10.7. The number of aromatic nitrogens is 1. The van der Waals surface area contributed by atoms with Crippen LogP contribution in [0.1, 0.15) is 29.9 Å². The van der Waals surface area contributed by atoms with Gasteiger partial charge in [-0.1, -0.05) is 0 Å². The molecule has 0 fully saturated rings. The van der Waals surface area contributed by atoms with E-state index in [1.807, 2.05) is 13.8 Å². The smallest absolute Gasteiger partial charge is 0.337 e. The summed E-state index contributed by atoms with van der Waals surface area (Å²) < 4.78 is 5.33. The van der Waals surface area contributed by atoms with Gasteiger partial charge in [0.25, 0.3) is 0 Å². The number of pyridine rings is 1. The Morgan fingerprint density at radius 1 is 1.50 bits per heavy atom. The van der Waals surface area contributed by atoms with E-state index >= 15 is 0 Å². The Morgan fingerprint density at radius 3 is 2.57 bits per heavy atom. The third-order valence-electron chi connectivity index (χ3n) is 1.65. The van der Waals surface area contributed by atoms with Gasteiger partial charge in [0.05, 0.1) is 17.4 Å². The largest absolute Gasteiger partial charge is 0.478 e. The maximum atomic E-state index is 10.7. The summed E-state index contributed by atoms with van der Waals surface area (Å²) in [5.41, 5.74) is 0.678. The molecule has 0 saturated carbocycles. The van der Waals surface area contributed by atoms with Crippen LogP contribution in [0.2, 0.25) is 0 Å². The van der Waals surface area contributed by atoms with Crippen LogP contribution < -0.4 is 4.74 Å². The molecule has 4 heteroatoms. The van der Waals surface area contributed by atoms with Crippen LogP contribution in [0.25, 0.3) is 0 Å². The van der Waals surface area contributed by atoms with Crippen molar-refractivity contribution in [1.82, 2.24) is 4.98 Å². The van der Waals surface area contributed by atoms with Crippen molar-refractivity contribution in [3.63, 3.8) is 0 Å². The van der Waals surface area contributed by atoms with Crippen molar-refractivity contribution in [3.05, 3.63) is 23.4 Å². The number of hydrogen-bond acceptors (Lipinski definition) is 3. The lowest BCUT2D eigenvalue weighted by Crippen LogP contribution is -2.09. The highest BCUT2D eigenvalue weighted by molar-refractivity contribution is 5.88. The minimum atomic E-state index is -0.967. The summed E-state index contributed by atoms with van der Waals surface area (Å²) in [6, 6.07) is 3.07. The topological polar surface area (TPSA) is 59.4 Å². The number of aromatic carboxylic acids is 1. The molecule has 1 rings (SSSR count). The Hall–Kier alpha value is -1.58. The lowest BCUT2D eigenvalue weighted by molar-refractivity contribution is 0.0695. The SMILES string of the molecule is Cc1nc(OC(C)C)ccc1C(=O)O. The Labute approximate surface area is 82.5 Å². The van der Waals surface area contributed by atoms with Gasteiger partial charge in [0.1, 0.15) is 0 Å².